The maximum Gasteiger partial charge on any atom is 0.324 e. The van der Waals surface area contributed by atoms with Crippen LogP contribution in [0.5, 0.6) is 5.75 Å². The van der Waals surface area contributed by atoms with Crippen LogP contribution >= 0.6 is 23.2 Å². The maximum absolute atomic E-state index is 12.5. The highest BCUT2D eigenvalue weighted by atomic mass is 35.5. The Labute approximate surface area is 174 Å². The normalized spacial score (nSPS) is 12.6. The summed E-state index contributed by atoms with van der Waals surface area (Å²) in [6.45, 7) is 3.48. The second-order valence-electron chi connectivity index (χ2n) is 6.24. The highest BCUT2D eigenvalue weighted by Crippen LogP contribution is 2.23. The first-order valence-electron chi connectivity index (χ1n) is 8.52. The third-order valence-corrected chi connectivity index (χ3v) is 5.77. The molecule has 2 rings (SSSR count). The molecule has 0 amide bonds. The van der Waals surface area contributed by atoms with Crippen LogP contribution in [-0.4, -0.2) is 33.6 Å². The minimum absolute atomic E-state index is 0.0115. The molecular weight excluding hydrogens is 425 g/mol. The number of hydrogen-bond donors (Lipinski definition) is 1. The SMILES string of the molecule is CC(C)[C@H](NS(=O)(=O)c1ccc(Cl)cc1)C(=O)OCCOc1ccccc1Cl. The number of ether oxygens (including phenoxy) is 2. The first-order valence-corrected chi connectivity index (χ1v) is 10.8. The predicted octanol–water partition coefficient (Wildman–Crippen LogP) is 3.92. The molecule has 0 aliphatic carbocycles. The fourth-order valence-corrected chi connectivity index (χ4v) is 3.90. The van der Waals surface area contributed by atoms with Crippen LogP contribution in [0.4, 0.5) is 0 Å². The van der Waals surface area contributed by atoms with Crippen LogP contribution in [0.1, 0.15) is 13.8 Å². The summed E-state index contributed by atoms with van der Waals surface area (Å²) >= 11 is 11.8. The smallest absolute Gasteiger partial charge is 0.324 e. The number of nitrogens with one attached hydrogen (secondary N) is 1. The summed E-state index contributed by atoms with van der Waals surface area (Å²) in [6.07, 6.45) is 0. The standard InChI is InChI=1S/C19H21Cl2NO5S/c1-13(2)18(22-28(24,25)15-9-7-14(20)8-10-15)19(23)27-12-11-26-17-6-4-3-5-16(17)21/h3-10,13,18,22H,11-12H2,1-2H3/t18-/m0/s1. The van der Waals surface area contributed by atoms with E-state index in [4.69, 9.17) is 32.7 Å². The highest BCUT2D eigenvalue weighted by Gasteiger charge is 2.29. The monoisotopic (exact) mass is 445 g/mol. The van der Waals surface area contributed by atoms with E-state index in [0.717, 1.165) is 0 Å². The maximum atomic E-state index is 12.5. The number of halogens is 2. The van der Waals surface area contributed by atoms with Crippen molar-refractivity contribution in [3.8, 4) is 5.75 Å². The van der Waals surface area contributed by atoms with E-state index in [9.17, 15) is 13.2 Å². The second kappa shape index (κ2) is 10.1. The summed E-state index contributed by atoms with van der Waals surface area (Å²) in [6, 6.07) is 11.5. The third-order valence-electron chi connectivity index (χ3n) is 3.75. The lowest BCUT2D eigenvalue weighted by molar-refractivity contribution is -0.147. The quantitative estimate of drug-likeness (QED) is 0.467. The lowest BCUT2D eigenvalue weighted by atomic mass is 10.1. The Kier molecular flexibility index (Phi) is 8.12. The molecule has 1 atom stereocenters. The van der Waals surface area contributed by atoms with E-state index in [1.807, 2.05) is 0 Å². The number of rotatable bonds is 9. The molecule has 0 saturated heterocycles. The van der Waals surface area contributed by atoms with E-state index in [1.165, 1.54) is 24.3 Å². The van der Waals surface area contributed by atoms with E-state index < -0.39 is 22.0 Å². The molecule has 0 spiro atoms. The topological polar surface area (TPSA) is 81.7 Å². The second-order valence-corrected chi connectivity index (χ2v) is 8.80. The van der Waals surface area contributed by atoms with E-state index in [1.54, 1.807) is 38.1 Å². The Balaban J connectivity index is 1.94. The van der Waals surface area contributed by atoms with E-state index in [-0.39, 0.29) is 24.0 Å². The van der Waals surface area contributed by atoms with Gasteiger partial charge in [0.25, 0.3) is 0 Å². The van der Waals surface area contributed by atoms with Crippen LogP contribution in [0.25, 0.3) is 0 Å². The molecular formula is C19H21Cl2NO5S. The molecule has 9 heteroatoms. The average Bonchev–Trinajstić information content (AvgIpc) is 2.64. The van der Waals surface area contributed by atoms with Gasteiger partial charge in [0.2, 0.25) is 10.0 Å². The number of para-hydroxylation sites is 1. The zero-order valence-corrected chi connectivity index (χ0v) is 17.7. The van der Waals surface area contributed by atoms with Crippen molar-refractivity contribution < 1.29 is 22.7 Å². The molecule has 0 bridgehead atoms. The van der Waals surface area contributed by atoms with Gasteiger partial charge in [0.05, 0.1) is 9.92 Å². The number of hydrogen-bond acceptors (Lipinski definition) is 5. The molecule has 152 valence electrons. The van der Waals surface area contributed by atoms with Gasteiger partial charge < -0.3 is 9.47 Å². The van der Waals surface area contributed by atoms with Crippen molar-refractivity contribution in [3.05, 3.63) is 58.6 Å². The van der Waals surface area contributed by atoms with Crippen LogP contribution in [0, 0.1) is 5.92 Å². The number of carbonyl (C=O) groups excluding carboxylic acids is 1. The number of carbonyl (C=O) groups is 1. The van der Waals surface area contributed by atoms with Gasteiger partial charge >= 0.3 is 5.97 Å². The number of benzene rings is 2. The van der Waals surface area contributed by atoms with Crippen molar-refractivity contribution in [1.82, 2.24) is 4.72 Å². The summed E-state index contributed by atoms with van der Waals surface area (Å²) in [5.41, 5.74) is 0. The molecule has 1 N–H and O–H groups in total. The molecule has 0 aromatic heterocycles. The minimum atomic E-state index is -3.90. The van der Waals surface area contributed by atoms with Gasteiger partial charge in [-0.05, 0) is 42.3 Å². The summed E-state index contributed by atoms with van der Waals surface area (Å²) in [5, 5.41) is 0.863. The van der Waals surface area contributed by atoms with Crippen molar-refractivity contribution in [3.63, 3.8) is 0 Å². The Bertz CT molecular complexity index is 901. The van der Waals surface area contributed by atoms with Crippen molar-refractivity contribution in [2.45, 2.75) is 24.8 Å². The van der Waals surface area contributed by atoms with Crippen LogP contribution in [0.15, 0.2) is 53.4 Å². The van der Waals surface area contributed by atoms with E-state index >= 15 is 0 Å². The molecule has 28 heavy (non-hydrogen) atoms. The zero-order chi connectivity index (χ0) is 20.7. The Hall–Kier alpha value is -1.80. The summed E-state index contributed by atoms with van der Waals surface area (Å²) in [5.74, 6) is -0.529. The molecule has 2 aromatic rings. The summed E-state index contributed by atoms with van der Waals surface area (Å²) < 4.78 is 38.0. The molecule has 6 nitrogen and oxygen atoms in total. The number of esters is 1. The van der Waals surface area contributed by atoms with Crippen molar-refractivity contribution >= 4 is 39.2 Å². The third kappa shape index (κ3) is 6.38. The molecule has 0 unspecified atom stereocenters. The van der Waals surface area contributed by atoms with Crippen LogP contribution in [0.3, 0.4) is 0 Å². The molecule has 0 heterocycles. The minimum Gasteiger partial charge on any atom is -0.488 e. The zero-order valence-electron chi connectivity index (χ0n) is 15.4. The van der Waals surface area contributed by atoms with E-state index in [0.29, 0.717) is 15.8 Å². The molecule has 0 aliphatic heterocycles. The Morgan fingerprint density at radius 1 is 1.04 bits per heavy atom. The first kappa shape index (κ1) is 22.5. The largest absolute Gasteiger partial charge is 0.488 e. The lowest BCUT2D eigenvalue weighted by Crippen LogP contribution is -2.45. The molecule has 0 saturated carbocycles. The Morgan fingerprint density at radius 2 is 1.68 bits per heavy atom. The molecule has 0 radical (unpaired) electrons. The fourth-order valence-electron chi connectivity index (χ4n) is 2.25. The number of sulfonamides is 1. The average molecular weight is 446 g/mol. The predicted molar refractivity (Wildman–Crippen MR) is 108 cm³/mol. The summed E-state index contributed by atoms with van der Waals surface area (Å²) in [4.78, 5) is 12.4. The van der Waals surface area contributed by atoms with Crippen LogP contribution in [0.2, 0.25) is 10.0 Å². The van der Waals surface area contributed by atoms with Crippen molar-refractivity contribution in [2.75, 3.05) is 13.2 Å². The van der Waals surface area contributed by atoms with Gasteiger partial charge in [-0.25, -0.2) is 8.42 Å². The summed E-state index contributed by atoms with van der Waals surface area (Å²) in [7, 11) is -3.90. The van der Waals surface area contributed by atoms with Gasteiger partial charge in [0, 0.05) is 5.02 Å². The molecule has 0 aliphatic rings. The first-order chi connectivity index (χ1) is 13.2. The lowest BCUT2D eigenvalue weighted by Gasteiger charge is -2.21. The van der Waals surface area contributed by atoms with Gasteiger partial charge in [-0.2, -0.15) is 4.72 Å². The fraction of sp³-hybridized carbons (Fsp3) is 0.316. The molecule has 2 aromatic carbocycles. The van der Waals surface area contributed by atoms with Gasteiger partial charge in [-0.1, -0.05) is 49.2 Å². The van der Waals surface area contributed by atoms with Crippen molar-refractivity contribution in [1.29, 1.82) is 0 Å². The highest BCUT2D eigenvalue weighted by molar-refractivity contribution is 7.89. The van der Waals surface area contributed by atoms with Gasteiger partial charge in [0.1, 0.15) is 25.0 Å². The van der Waals surface area contributed by atoms with Gasteiger partial charge in [-0.3, -0.25) is 4.79 Å². The van der Waals surface area contributed by atoms with Gasteiger partial charge in [0.15, 0.2) is 0 Å². The van der Waals surface area contributed by atoms with Crippen molar-refractivity contribution in [2.24, 2.45) is 5.92 Å². The Morgan fingerprint density at radius 3 is 2.29 bits per heavy atom. The van der Waals surface area contributed by atoms with Gasteiger partial charge in [-0.15, -0.1) is 0 Å². The van der Waals surface area contributed by atoms with E-state index in [2.05, 4.69) is 4.72 Å². The molecule has 0 fully saturated rings. The van der Waals surface area contributed by atoms with Crippen LogP contribution < -0.4 is 9.46 Å². The van der Waals surface area contributed by atoms with Crippen LogP contribution in [-0.2, 0) is 19.6 Å².